The van der Waals surface area contributed by atoms with Crippen molar-refractivity contribution < 1.29 is 19.5 Å². The highest BCUT2D eigenvalue weighted by Gasteiger charge is 2.37. The highest BCUT2D eigenvalue weighted by Crippen LogP contribution is 2.27. The Morgan fingerprint density at radius 1 is 1.16 bits per heavy atom. The predicted molar refractivity (Wildman–Crippen MR) is 129 cm³/mol. The van der Waals surface area contributed by atoms with Crippen LogP contribution in [0.3, 0.4) is 0 Å². The van der Waals surface area contributed by atoms with Gasteiger partial charge < -0.3 is 15.7 Å². The Balaban J connectivity index is 2.88. The lowest BCUT2D eigenvalue weighted by molar-refractivity contribution is -0.142. The third kappa shape index (κ3) is 9.86. The number of hydrogen-bond acceptors (Lipinski definition) is 3. The summed E-state index contributed by atoms with van der Waals surface area (Å²) in [6.45, 7) is 10.1. The number of halogens is 1. The number of rotatable bonds is 15. The zero-order valence-corrected chi connectivity index (χ0v) is 20.2. The Bertz CT molecular complexity index is 762. The molecule has 2 atom stereocenters. The predicted octanol–water partition coefficient (Wildman–Crippen LogP) is 4.76. The Hall–Kier alpha value is -2.34. The summed E-state index contributed by atoms with van der Waals surface area (Å²) < 4.78 is 0. The van der Waals surface area contributed by atoms with E-state index in [0.717, 1.165) is 18.4 Å². The molecule has 0 fully saturated rings. The van der Waals surface area contributed by atoms with Crippen LogP contribution in [0.15, 0.2) is 36.9 Å². The Morgan fingerprint density at radius 3 is 2.38 bits per heavy atom. The summed E-state index contributed by atoms with van der Waals surface area (Å²) in [5.41, 5.74) is 0.509. The van der Waals surface area contributed by atoms with Gasteiger partial charge in [-0.2, -0.15) is 0 Å². The SMILES string of the molecule is C=CCC(C)(C)C(NC(=O)[C@H](CCCc1ccc(Cl)cc1)CC(=O)O)C(=O)NCCCC. The Labute approximate surface area is 196 Å². The zero-order chi connectivity index (χ0) is 24.1. The fraction of sp³-hybridized carbons (Fsp3) is 0.560. The number of carbonyl (C=O) groups is 3. The van der Waals surface area contributed by atoms with Gasteiger partial charge in [0, 0.05) is 17.5 Å². The van der Waals surface area contributed by atoms with Crippen LogP contribution < -0.4 is 10.6 Å². The van der Waals surface area contributed by atoms with Gasteiger partial charge >= 0.3 is 5.97 Å². The van der Waals surface area contributed by atoms with E-state index in [-0.39, 0.29) is 12.3 Å². The lowest BCUT2D eigenvalue weighted by Gasteiger charge is -2.34. The van der Waals surface area contributed by atoms with Crippen molar-refractivity contribution in [3.8, 4) is 0 Å². The molecular formula is C25H37ClN2O4. The van der Waals surface area contributed by atoms with Crippen molar-refractivity contribution in [2.75, 3.05) is 6.54 Å². The van der Waals surface area contributed by atoms with Gasteiger partial charge in [0.25, 0.3) is 0 Å². The van der Waals surface area contributed by atoms with Crippen LogP contribution >= 0.6 is 11.6 Å². The number of carboxylic acid groups (broad SMARTS) is 1. The summed E-state index contributed by atoms with van der Waals surface area (Å²) in [7, 11) is 0. The summed E-state index contributed by atoms with van der Waals surface area (Å²) in [6.07, 6.45) is 5.53. The molecule has 0 heterocycles. The van der Waals surface area contributed by atoms with Crippen LogP contribution in [0, 0.1) is 11.3 Å². The molecule has 1 aromatic rings. The molecular weight excluding hydrogens is 428 g/mol. The van der Waals surface area contributed by atoms with E-state index in [1.165, 1.54) is 0 Å². The number of benzene rings is 1. The maximum atomic E-state index is 13.1. The molecule has 0 aliphatic carbocycles. The first-order chi connectivity index (χ1) is 15.1. The fourth-order valence-electron chi connectivity index (χ4n) is 3.60. The van der Waals surface area contributed by atoms with Gasteiger partial charge in [0.1, 0.15) is 6.04 Å². The minimum absolute atomic E-state index is 0.256. The van der Waals surface area contributed by atoms with Crippen LogP contribution in [-0.4, -0.2) is 35.5 Å². The lowest BCUT2D eigenvalue weighted by Crippen LogP contribution is -2.55. The molecule has 32 heavy (non-hydrogen) atoms. The van der Waals surface area contributed by atoms with Crippen molar-refractivity contribution in [3.63, 3.8) is 0 Å². The number of aliphatic carboxylic acids is 1. The van der Waals surface area contributed by atoms with E-state index >= 15 is 0 Å². The van der Waals surface area contributed by atoms with Gasteiger partial charge in [-0.3, -0.25) is 14.4 Å². The molecule has 1 aromatic carbocycles. The molecule has 0 aliphatic rings. The van der Waals surface area contributed by atoms with Crippen molar-refractivity contribution in [2.24, 2.45) is 11.3 Å². The van der Waals surface area contributed by atoms with E-state index in [9.17, 15) is 19.5 Å². The van der Waals surface area contributed by atoms with Gasteiger partial charge in [0.05, 0.1) is 6.42 Å². The molecule has 0 saturated heterocycles. The van der Waals surface area contributed by atoms with Gasteiger partial charge in [-0.1, -0.05) is 57.0 Å². The molecule has 0 bridgehead atoms. The summed E-state index contributed by atoms with van der Waals surface area (Å²) in [4.78, 5) is 37.3. The minimum atomic E-state index is -1.04. The number of nitrogens with one attached hydrogen (secondary N) is 2. The average molecular weight is 465 g/mol. The van der Waals surface area contributed by atoms with Crippen LogP contribution in [0.2, 0.25) is 5.02 Å². The van der Waals surface area contributed by atoms with Crippen LogP contribution in [-0.2, 0) is 20.8 Å². The van der Waals surface area contributed by atoms with E-state index in [0.29, 0.717) is 37.3 Å². The van der Waals surface area contributed by atoms with Crippen LogP contribution in [0.4, 0.5) is 0 Å². The third-order valence-electron chi connectivity index (χ3n) is 5.55. The third-order valence-corrected chi connectivity index (χ3v) is 5.81. The molecule has 0 radical (unpaired) electrons. The average Bonchev–Trinajstić information content (AvgIpc) is 2.72. The van der Waals surface area contributed by atoms with Crippen molar-refractivity contribution >= 4 is 29.4 Å². The number of carboxylic acids is 1. The number of carbonyl (C=O) groups excluding carboxylic acids is 2. The summed E-state index contributed by atoms with van der Waals surface area (Å²) >= 11 is 5.91. The second-order valence-electron chi connectivity index (χ2n) is 8.88. The summed E-state index contributed by atoms with van der Waals surface area (Å²) in [5, 5.41) is 15.7. The summed E-state index contributed by atoms with van der Waals surface area (Å²) in [6, 6.07) is 6.67. The molecule has 178 valence electrons. The first kappa shape index (κ1) is 27.7. The normalized spacial score (nSPS) is 13.1. The van der Waals surface area contributed by atoms with Crippen molar-refractivity contribution in [2.45, 2.75) is 71.8 Å². The topological polar surface area (TPSA) is 95.5 Å². The molecule has 2 amide bonds. The number of amides is 2. The number of allylic oxidation sites excluding steroid dienone is 1. The van der Waals surface area contributed by atoms with Gasteiger partial charge in [-0.05, 0) is 55.2 Å². The first-order valence-electron chi connectivity index (χ1n) is 11.3. The maximum absolute atomic E-state index is 13.1. The zero-order valence-electron chi connectivity index (χ0n) is 19.5. The molecule has 6 nitrogen and oxygen atoms in total. The smallest absolute Gasteiger partial charge is 0.304 e. The van der Waals surface area contributed by atoms with Crippen molar-refractivity contribution in [1.29, 1.82) is 0 Å². The van der Waals surface area contributed by atoms with E-state index in [1.807, 2.05) is 45.0 Å². The van der Waals surface area contributed by atoms with Crippen LogP contribution in [0.1, 0.15) is 64.9 Å². The second-order valence-corrected chi connectivity index (χ2v) is 9.32. The number of hydrogen-bond donors (Lipinski definition) is 3. The number of unbranched alkanes of at least 4 members (excludes halogenated alkanes) is 1. The van der Waals surface area contributed by atoms with E-state index < -0.39 is 29.3 Å². The van der Waals surface area contributed by atoms with Crippen molar-refractivity contribution in [3.05, 3.63) is 47.5 Å². The van der Waals surface area contributed by atoms with E-state index in [1.54, 1.807) is 6.08 Å². The molecule has 0 aliphatic heterocycles. The van der Waals surface area contributed by atoms with E-state index in [2.05, 4.69) is 17.2 Å². The highest BCUT2D eigenvalue weighted by molar-refractivity contribution is 6.30. The Kier molecular flexibility index (Phi) is 12.1. The Morgan fingerprint density at radius 2 is 1.81 bits per heavy atom. The molecule has 0 spiro atoms. The van der Waals surface area contributed by atoms with Gasteiger partial charge in [-0.15, -0.1) is 6.58 Å². The van der Waals surface area contributed by atoms with Crippen LogP contribution in [0.5, 0.6) is 0 Å². The summed E-state index contributed by atoms with van der Waals surface area (Å²) in [5.74, 6) is -2.42. The number of aryl methyl sites for hydroxylation is 1. The molecule has 3 N–H and O–H groups in total. The molecule has 0 aromatic heterocycles. The monoisotopic (exact) mass is 464 g/mol. The minimum Gasteiger partial charge on any atom is -0.481 e. The maximum Gasteiger partial charge on any atom is 0.304 e. The largest absolute Gasteiger partial charge is 0.481 e. The highest BCUT2D eigenvalue weighted by atomic mass is 35.5. The van der Waals surface area contributed by atoms with E-state index in [4.69, 9.17) is 11.6 Å². The van der Waals surface area contributed by atoms with Crippen LogP contribution in [0.25, 0.3) is 0 Å². The molecule has 7 heteroatoms. The molecule has 1 unspecified atom stereocenters. The molecule has 0 saturated carbocycles. The van der Waals surface area contributed by atoms with Gasteiger partial charge in [0.2, 0.25) is 11.8 Å². The van der Waals surface area contributed by atoms with Gasteiger partial charge in [-0.25, -0.2) is 0 Å². The second kappa shape index (κ2) is 13.9. The fourth-order valence-corrected chi connectivity index (χ4v) is 3.72. The molecule has 1 rings (SSSR count). The lowest BCUT2D eigenvalue weighted by atomic mass is 9.80. The van der Waals surface area contributed by atoms with Gasteiger partial charge in [0.15, 0.2) is 0 Å². The standard InChI is InChI=1S/C25H37ClN2O4/c1-5-7-16-27-24(32)22(25(3,4)15-6-2)28-23(31)19(17-21(29)30)10-8-9-18-11-13-20(26)14-12-18/h6,11-14,19,22H,2,5,7-10,15-17H2,1,3-4H3,(H,27,32)(H,28,31)(H,29,30)/t19-,22?/m1/s1. The quantitative estimate of drug-likeness (QED) is 0.257. The first-order valence-corrected chi connectivity index (χ1v) is 11.6. The van der Waals surface area contributed by atoms with Crippen molar-refractivity contribution in [1.82, 2.24) is 10.6 Å².